The minimum atomic E-state index is -0.288. The maximum absolute atomic E-state index is 10.2. The third-order valence-electron chi connectivity index (χ3n) is 6.61. The highest BCUT2D eigenvalue weighted by molar-refractivity contribution is 4.80. The number of rotatable bonds is 21. The molecule has 2 atom stereocenters. The molecular weight excluding hydrogens is 378 g/mol. The molecule has 0 bridgehead atoms. The fraction of sp³-hybridized carbons (Fsp3) is 0.923. The lowest BCUT2D eigenvalue weighted by atomic mass is 10.0. The summed E-state index contributed by atoms with van der Waals surface area (Å²) >= 11 is 0. The van der Waals surface area contributed by atoms with E-state index in [9.17, 15) is 5.11 Å². The Morgan fingerprint density at radius 3 is 1.34 bits per heavy atom. The molecule has 0 aliphatic rings. The van der Waals surface area contributed by atoms with E-state index in [-0.39, 0.29) is 18.6 Å². The predicted molar refractivity (Wildman–Crippen MR) is 127 cm³/mol. The molecule has 0 spiro atoms. The van der Waals surface area contributed by atoms with Crippen molar-refractivity contribution in [2.24, 2.45) is 0 Å². The summed E-state index contributed by atoms with van der Waals surface area (Å²) in [6.07, 6.45) is 26.3. The molecular formula is C26H54ClNO. The van der Waals surface area contributed by atoms with Crippen LogP contribution in [0.3, 0.4) is 0 Å². The van der Waals surface area contributed by atoms with Crippen molar-refractivity contribution in [1.29, 1.82) is 0 Å². The average Bonchev–Trinajstić information content (AvgIpc) is 2.69. The van der Waals surface area contributed by atoms with Gasteiger partial charge in [0, 0.05) is 12.8 Å². The van der Waals surface area contributed by atoms with Gasteiger partial charge in [0.05, 0.1) is 14.1 Å². The predicted octanol–water partition coefficient (Wildman–Crippen LogP) is 5.00. The van der Waals surface area contributed by atoms with E-state index in [1.165, 1.54) is 103 Å². The summed E-state index contributed by atoms with van der Waals surface area (Å²) in [6.45, 7) is 8.35. The zero-order valence-electron chi connectivity index (χ0n) is 20.4. The molecule has 0 rings (SSSR count). The molecule has 0 saturated heterocycles. The van der Waals surface area contributed by atoms with Crippen molar-refractivity contribution >= 4 is 0 Å². The zero-order valence-corrected chi connectivity index (χ0v) is 21.2. The number of aliphatic hydroxyl groups excluding tert-OH is 1. The van der Waals surface area contributed by atoms with Gasteiger partial charge in [0.25, 0.3) is 0 Å². The van der Waals surface area contributed by atoms with Gasteiger partial charge in [-0.05, 0) is 12.5 Å². The Bertz CT molecular complexity index is 346. The van der Waals surface area contributed by atoms with Gasteiger partial charge in [0.1, 0.15) is 6.04 Å². The first-order chi connectivity index (χ1) is 13.5. The highest BCUT2D eigenvalue weighted by atomic mass is 35.5. The molecule has 0 radical (unpaired) electrons. The topological polar surface area (TPSA) is 20.2 Å². The van der Waals surface area contributed by atoms with Crippen molar-refractivity contribution in [2.45, 2.75) is 142 Å². The monoisotopic (exact) mass is 431 g/mol. The lowest BCUT2D eigenvalue weighted by Gasteiger charge is -2.40. The van der Waals surface area contributed by atoms with E-state index >= 15 is 0 Å². The van der Waals surface area contributed by atoms with Crippen molar-refractivity contribution < 1.29 is 22.0 Å². The average molecular weight is 432 g/mol. The highest BCUT2D eigenvalue weighted by Crippen LogP contribution is 2.21. The minimum absolute atomic E-state index is 0. The van der Waals surface area contributed by atoms with Gasteiger partial charge in [-0.15, -0.1) is 0 Å². The van der Waals surface area contributed by atoms with Gasteiger partial charge in [-0.1, -0.05) is 117 Å². The molecule has 176 valence electrons. The molecule has 0 heterocycles. The van der Waals surface area contributed by atoms with E-state index in [2.05, 4.69) is 34.5 Å². The summed E-state index contributed by atoms with van der Waals surface area (Å²) < 4.78 is 0.652. The Morgan fingerprint density at radius 1 is 0.690 bits per heavy atom. The van der Waals surface area contributed by atoms with E-state index in [4.69, 9.17) is 0 Å². The van der Waals surface area contributed by atoms with Crippen LogP contribution >= 0.6 is 0 Å². The van der Waals surface area contributed by atoms with Gasteiger partial charge in [0.15, 0.2) is 6.23 Å². The Kier molecular flexibility index (Phi) is 22.8. The molecule has 0 aromatic rings. The first-order valence-corrected chi connectivity index (χ1v) is 12.6. The summed E-state index contributed by atoms with van der Waals surface area (Å²) in [5.41, 5.74) is 0. The molecule has 29 heavy (non-hydrogen) atoms. The van der Waals surface area contributed by atoms with E-state index in [1.54, 1.807) is 0 Å². The molecule has 1 N–H and O–H groups in total. The van der Waals surface area contributed by atoms with Crippen LogP contribution in [0.2, 0.25) is 0 Å². The largest absolute Gasteiger partial charge is 1.00 e. The smallest absolute Gasteiger partial charge is 0.190 e. The van der Waals surface area contributed by atoms with Crippen LogP contribution in [0.1, 0.15) is 129 Å². The first kappa shape index (κ1) is 31.1. The number of likely N-dealkylation sites (N-methyl/N-ethyl adjacent to an activating group) is 1. The lowest BCUT2D eigenvalue weighted by Crippen LogP contribution is -3.00. The summed E-state index contributed by atoms with van der Waals surface area (Å²) in [5, 5.41) is 10.2. The Labute approximate surface area is 190 Å². The fourth-order valence-electron chi connectivity index (χ4n) is 4.32. The standard InChI is InChI=1S/C26H54NO.ClH/c1-6-9-10-11-12-13-14-15-16-17-18-19-20-21-22-23-24-25(7-2)27(4,5)26(28)8-3;/h7,25-26,28H,2,6,8-24H2,1,3-5H3;1H/q+1;/p-1. The van der Waals surface area contributed by atoms with E-state index in [0.29, 0.717) is 10.5 Å². The number of hydrogen-bond donors (Lipinski definition) is 1. The number of unbranched alkanes of at least 4 members (excludes halogenated alkanes) is 15. The van der Waals surface area contributed by atoms with Gasteiger partial charge in [0.2, 0.25) is 0 Å². The Morgan fingerprint density at radius 2 is 1.03 bits per heavy atom. The van der Waals surface area contributed by atoms with Crippen LogP contribution in [0, 0.1) is 0 Å². The van der Waals surface area contributed by atoms with Gasteiger partial charge in [-0.2, -0.15) is 0 Å². The van der Waals surface area contributed by atoms with Crippen molar-refractivity contribution in [3.63, 3.8) is 0 Å². The second-order valence-electron chi connectivity index (χ2n) is 9.41. The fourth-order valence-corrected chi connectivity index (χ4v) is 4.32. The molecule has 0 fully saturated rings. The second-order valence-corrected chi connectivity index (χ2v) is 9.41. The normalized spacial score (nSPS) is 13.7. The molecule has 0 aliphatic heterocycles. The van der Waals surface area contributed by atoms with E-state index < -0.39 is 0 Å². The van der Waals surface area contributed by atoms with Crippen LogP contribution in [-0.4, -0.2) is 36.0 Å². The second kappa shape index (κ2) is 21.2. The van der Waals surface area contributed by atoms with Crippen LogP contribution < -0.4 is 12.4 Å². The maximum atomic E-state index is 10.2. The third-order valence-corrected chi connectivity index (χ3v) is 6.61. The molecule has 0 aromatic carbocycles. The maximum Gasteiger partial charge on any atom is 0.190 e. The van der Waals surface area contributed by atoms with Gasteiger partial charge >= 0.3 is 0 Å². The molecule has 3 heteroatoms. The first-order valence-electron chi connectivity index (χ1n) is 12.6. The number of nitrogens with zero attached hydrogens (tertiary/aromatic N) is 1. The SMILES string of the molecule is C=CC(CCCCCCCCCCCCCCCCCC)[N+](C)(C)C(O)CC.[Cl-]. The van der Waals surface area contributed by atoms with Gasteiger partial charge in [-0.25, -0.2) is 0 Å². The molecule has 0 aliphatic carbocycles. The number of halogens is 1. The highest BCUT2D eigenvalue weighted by Gasteiger charge is 2.31. The van der Waals surface area contributed by atoms with Crippen molar-refractivity contribution in [2.75, 3.05) is 14.1 Å². The summed E-state index contributed by atoms with van der Waals surface area (Å²) in [6, 6.07) is 0.363. The number of hydrogen-bond acceptors (Lipinski definition) is 1. The van der Waals surface area contributed by atoms with E-state index in [0.717, 1.165) is 12.8 Å². The molecule has 0 amide bonds. The molecule has 2 unspecified atom stereocenters. The van der Waals surface area contributed by atoms with Crippen molar-refractivity contribution in [3.05, 3.63) is 12.7 Å². The van der Waals surface area contributed by atoms with Crippen molar-refractivity contribution in [3.8, 4) is 0 Å². The number of aliphatic hydroxyl groups is 1. The summed E-state index contributed by atoms with van der Waals surface area (Å²) in [5.74, 6) is 0. The van der Waals surface area contributed by atoms with Crippen LogP contribution in [0.25, 0.3) is 0 Å². The molecule has 2 nitrogen and oxygen atoms in total. The zero-order chi connectivity index (χ0) is 21.1. The van der Waals surface area contributed by atoms with E-state index in [1.807, 2.05) is 6.08 Å². The van der Waals surface area contributed by atoms with Crippen LogP contribution in [0.5, 0.6) is 0 Å². The quantitative estimate of drug-likeness (QED) is 0.117. The summed E-state index contributed by atoms with van der Waals surface area (Å²) in [4.78, 5) is 0. The van der Waals surface area contributed by atoms with Gasteiger partial charge < -0.3 is 17.5 Å². The Hall–Kier alpha value is -0.0500. The van der Waals surface area contributed by atoms with Crippen LogP contribution in [0.4, 0.5) is 0 Å². The summed E-state index contributed by atoms with van der Waals surface area (Å²) in [7, 11) is 4.26. The number of quaternary nitrogens is 1. The minimum Gasteiger partial charge on any atom is -1.00 e. The van der Waals surface area contributed by atoms with Crippen LogP contribution in [-0.2, 0) is 0 Å². The third kappa shape index (κ3) is 16.3. The van der Waals surface area contributed by atoms with Crippen molar-refractivity contribution in [1.82, 2.24) is 0 Å². The molecule has 0 aromatic heterocycles. The Balaban J connectivity index is 0. The van der Waals surface area contributed by atoms with Gasteiger partial charge in [-0.3, -0.25) is 4.48 Å². The van der Waals surface area contributed by atoms with Crippen LogP contribution in [0.15, 0.2) is 12.7 Å². The molecule has 0 saturated carbocycles. The lowest BCUT2D eigenvalue weighted by molar-refractivity contribution is -0.953.